The topological polar surface area (TPSA) is 89.8 Å². The predicted molar refractivity (Wildman–Crippen MR) is 95.0 cm³/mol. The molecule has 126 valence electrons. The van der Waals surface area contributed by atoms with Crippen LogP contribution < -0.4 is 5.32 Å². The summed E-state index contributed by atoms with van der Waals surface area (Å²) in [4.78, 5) is 23.3. The number of Topliss-reactive ketones (excluding diaryl/α,β-unsaturated/α-hetero) is 1. The number of rotatable bonds is 6. The van der Waals surface area contributed by atoms with Gasteiger partial charge in [-0.3, -0.25) is 9.59 Å². The number of anilines is 1. The number of carbonyl (C=O) groups is 2. The Bertz CT molecular complexity index is 878. The molecule has 0 bridgehead atoms. The summed E-state index contributed by atoms with van der Waals surface area (Å²) in [6, 6.07) is 16.2. The minimum atomic E-state index is -0.178. The lowest BCUT2D eigenvalue weighted by Gasteiger charge is -2.06. The van der Waals surface area contributed by atoms with E-state index in [1.807, 2.05) is 30.3 Å². The maximum atomic E-state index is 12.1. The maximum absolute atomic E-state index is 12.1. The second kappa shape index (κ2) is 7.71. The van der Waals surface area contributed by atoms with Crippen LogP contribution in [-0.2, 0) is 4.79 Å². The summed E-state index contributed by atoms with van der Waals surface area (Å²) in [6.45, 7) is 1.50. The van der Waals surface area contributed by atoms with Gasteiger partial charge in [-0.2, -0.15) is 4.68 Å². The Morgan fingerprint density at radius 3 is 2.48 bits per heavy atom. The fraction of sp³-hybridized carbons (Fsp3) is 0.118. The summed E-state index contributed by atoms with van der Waals surface area (Å²) >= 11 is 1.24. The zero-order valence-electron chi connectivity index (χ0n) is 13.4. The van der Waals surface area contributed by atoms with Gasteiger partial charge >= 0.3 is 0 Å². The number of hydrogen-bond donors (Lipinski definition) is 1. The van der Waals surface area contributed by atoms with Gasteiger partial charge in [0.1, 0.15) is 0 Å². The van der Waals surface area contributed by atoms with Gasteiger partial charge in [0, 0.05) is 11.3 Å². The van der Waals surface area contributed by atoms with Crippen LogP contribution in [0, 0.1) is 0 Å². The molecule has 3 aromatic rings. The lowest BCUT2D eigenvalue weighted by atomic mass is 10.1. The van der Waals surface area contributed by atoms with Crippen LogP contribution in [0.5, 0.6) is 0 Å². The minimum Gasteiger partial charge on any atom is -0.325 e. The van der Waals surface area contributed by atoms with Crippen LogP contribution in [0.3, 0.4) is 0 Å². The Morgan fingerprint density at radius 1 is 1.08 bits per heavy atom. The zero-order chi connectivity index (χ0) is 17.6. The molecule has 0 saturated heterocycles. The highest BCUT2D eigenvalue weighted by Gasteiger charge is 2.11. The highest BCUT2D eigenvalue weighted by molar-refractivity contribution is 7.99. The molecule has 1 amide bonds. The van der Waals surface area contributed by atoms with Crippen LogP contribution in [0.2, 0.25) is 0 Å². The Hall–Kier alpha value is -3.00. The molecular weight excluding hydrogens is 338 g/mol. The molecule has 1 aromatic heterocycles. The third-order valence-electron chi connectivity index (χ3n) is 3.35. The first kappa shape index (κ1) is 16.8. The molecule has 0 fully saturated rings. The highest BCUT2D eigenvalue weighted by Crippen LogP contribution is 2.18. The first-order valence-electron chi connectivity index (χ1n) is 7.51. The second-order valence-corrected chi connectivity index (χ2v) is 6.12. The molecule has 0 aliphatic carbocycles. The number of carbonyl (C=O) groups excluding carboxylic acids is 2. The SMILES string of the molecule is CC(=O)c1ccc(NC(=O)CSc2nnnn2-c2ccccc2)cc1. The normalized spacial score (nSPS) is 10.4. The van der Waals surface area contributed by atoms with E-state index in [2.05, 4.69) is 20.8 Å². The van der Waals surface area contributed by atoms with Crippen molar-refractivity contribution < 1.29 is 9.59 Å². The van der Waals surface area contributed by atoms with Crippen molar-refractivity contribution in [2.24, 2.45) is 0 Å². The molecule has 25 heavy (non-hydrogen) atoms. The maximum Gasteiger partial charge on any atom is 0.234 e. The summed E-state index contributed by atoms with van der Waals surface area (Å²) in [6.07, 6.45) is 0. The van der Waals surface area contributed by atoms with Gasteiger partial charge in [0.25, 0.3) is 0 Å². The second-order valence-electron chi connectivity index (χ2n) is 5.18. The summed E-state index contributed by atoms with van der Waals surface area (Å²) < 4.78 is 1.58. The predicted octanol–water partition coefficient (Wildman–Crippen LogP) is 2.60. The van der Waals surface area contributed by atoms with Crippen molar-refractivity contribution in [2.75, 3.05) is 11.1 Å². The monoisotopic (exact) mass is 353 g/mol. The van der Waals surface area contributed by atoms with Crippen LogP contribution in [0.1, 0.15) is 17.3 Å². The third kappa shape index (κ3) is 4.30. The van der Waals surface area contributed by atoms with Crippen LogP contribution in [-0.4, -0.2) is 37.7 Å². The molecule has 0 unspecified atom stereocenters. The Labute approximate surface area is 148 Å². The van der Waals surface area contributed by atoms with Crippen molar-refractivity contribution in [3.8, 4) is 5.69 Å². The Balaban J connectivity index is 1.60. The molecule has 2 aromatic carbocycles. The molecule has 3 rings (SSSR count). The molecule has 0 radical (unpaired) electrons. The van der Waals surface area contributed by atoms with E-state index in [1.54, 1.807) is 28.9 Å². The molecule has 1 heterocycles. The molecule has 8 heteroatoms. The molecule has 0 aliphatic heterocycles. The van der Waals surface area contributed by atoms with Gasteiger partial charge in [0.15, 0.2) is 5.78 Å². The lowest BCUT2D eigenvalue weighted by molar-refractivity contribution is -0.113. The fourth-order valence-electron chi connectivity index (χ4n) is 2.12. The molecule has 0 spiro atoms. The lowest BCUT2D eigenvalue weighted by Crippen LogP contribution is -2.14. The Kier molecular flexibility index (Phi) is 5.20. The largest absolute Gasteiger partial charge is 0.325 e. The standard InChI is InChI=1S/C17H15N5O2S/c1-12(23)13-7-9-14(10-8-13)18-16(24)11-25-17-19-20-21-22(17)15-5-3-2-4-6-15/h2-10H,11H2,1H3,(H,18,24). The van der Waals surface area contributed by atoms with E-state index < -0.39 is 0 Å². The van der Waals surface area contributed by atoms with E-state index in [0.717, 1.165) is 5.69 Å². The highest BCUT2D eigenvalue weighted by atomic mass is 32.2. The van der Waals surface area contributed by atoms with Crippen LogP contribution in [0.15, 0.2) is 59.8 Å². The van der Waals surface area contributed by atoms with Crippen molar-refractivity contribution >= 4 is 29.1 Å². The van der Waals surface area contributed by atoms with Gasteiger partial charge in [0.2, 0.25) is 11.1 Å². The summed E-state index contributed by atoms with van der Waals surface area (Å²) in [5, 5.41) is 14.9. The molecule has 1 N–H and O–H groups in total. The van der Waals surface area contributed by atoms with Crippen molar-refractivity contribution in [3.63, 3.8) is 0 Å². The number of ketones is 1. The van der Waals surface area contributed by atoms with Gasteiger partial charge in [0.05, 0.1) is 11.4 Å². The van der Waals surface area contributed by atoms with Crippen LogP contribution in [0.25, 0.3) is 5.69 Å². The summed E-state index contributed by atoms with van der Waals surface area (Å²) in [5.41, 5.74) is 2.07. The van der Waals surface area contributed by atoms with Crippen LogP contribution in [0.4, 0.5) is 5.69 Å². The van der Waals surface area contributed by atoms with Gasteiger partial charge in [-0.15, -0.1) is 5.10 Å². The van der Waals surface area contributed by atoms with E-state index in [0.29, 0.717) is 16.4 Å². The average Bonchev–Trinajstić information content (AvgIpc) is 3.10. The van der Waals surface area contributed by atoms with Crippen molar-refractivity contribution in [1.82, 2.24) is 20.2 Å². The molecule has 7 nitrogen and oxygen atoms in total. The van der Waals surface area contributed by atoms with Crippen molar-refractivity contribution in [3.05, 3.63) is 60.2 Å². The van der Waals surface area contributed by atoms with E-state index in [1.165, 1.54) is 18.7 Å². The summed E-state index contributed by atoms with van der Waals surface area (Å²) in [7, 11) is 0. The number of thioether (sulfide) groups is 1. The smallest absolute Gasteiger partial charge is 0.234 e. The molecule has 0 aliphatic rings. The number of amides is 1. The van der Waals surface area contributed by atoms with Crippen molar-refractivity contribution in [1.29, 1.82) is 0 Å². The fourth-order valence-corrected chi connectivity index (χ4v) is 2.81. The van der Waals surface area contributed by atoms with Crippen molar-refractivity contribution in [2.45, 2.75) is 12.1 Å². The third-order valence-corrected chi connectivity index (χ3v) is 4.27. The van der Waals surface area contributed by atoms with E-state index in [9.17, 15) is 9.59 Å². The van der Waals surface area contributed by atoms with E-state index in [-0.39, 0.29) is 17.4 Å². The number of nitrogens with one attached hydrogen (secondary N) is 1. The van der Waals surface area contributed by atoms with Gasteiger partial charge in [-0.05, 0) is 53.7 Å². The minimum absolute atomic E-state index is 0.0128. The quantitative estimate of drug-likeness (QED) is 0.541. The van der Waals surface area contributed by atoms with E-state index >= 15 is 0 Å². The number of nitrogens with zero attached hydrogens (tertiary/aromatic N) is 4. The number of tetrazole rings is 1. The van der Waals surface area contributed by atoms with Crippen LogP contribution >= 0.6 is 11.8 Å². The molecular formula is C17H15N5O2S. The summed E-state index contributed by atoms with van der Waals surface area (Å²) in [5.74, 6) is -0.0221. The first-order valence-corrected chi connectivity index (χ1v) is 8.49. The van der Waals surface area contributed by atoms with Gasteiger partial charge in [-0.1, -0.05) is 30.0 Å². The van der Waals surface area contributed by atoms with Gasteiger partial charge in [-0.25, -0.2) is 0 Å². The number of para-hydroxylation sites is 1. The Morgan fingerprint density at radius 2 is 1.80 bits per heavy atom. The van der Waals surface area contributed by atoms with Gasteiger partial charge < -0.3 is 5.32 Å². The molecule has 0 saturated carbocycles. The molecule has 0 atom stereocenters. The van der Waals surface area contributed by atoms with E-state index in [4.69, 9.17) is 0 Å². The zero-order valence-corrected chi connectivity index (χ0v) is 14.2. The number of benzene rings is 2. The first-order chi connectivity index (χ1) is 12.1. The average molecular weight is 353 g/mol. The number of hydrogen-bond acceptors (Lipinski definition) is 6. The number of aromatic nitrogens is 4.